The van der Waals surface area contributed by atoms with Crippen molar-refractivity contribution >= 4 is 22.8 Å². The SMILES string of the molecule is Nc1c(NCCc2nccs2)nc[nH]c1=O. The number of hydrogen-bond acceptors (Lipinski definition) is 6. The monoisotopic (exact) mass is 237 g/mol. The normalized spacial score (nSPS) is 10.2. The fraction of sp³-hybridized carbons (Fsp3) is 0.222. The molecule has 0 bridgehead atoms. The molecule has 0 spiro atoms. The van der Waals surface area contributed by atoms with Gasteiger partial charge in [0.15, 0.2) is 5.82 Å². The lowest BCUT2D eigenvalue weighted by atomic mass is 10.4. The Morgan fingerprint density at radius 2 is 2.38 bits per heavy atom. The van der Waals surface area contributed by atoms with E-state index in [9.17, 15) is 4.79 Å². The summed E-state index contributed by atoms with van der Waals surface area (Å²) in [6.45, 7) is 0.647. The Kier molecular flexibility index (Phi) is 3.16. The largest absolute Gasteiger partial charge is 0.391 e. The molecule has 0 unspecified atom stereocenters. The maximum Gasteiger partial charge on any atom is 0.276 e. The number of nitrogens with zero attached hydrogens (tertiary/aromatic N) is 2. The van der Waals surface area contributed by atoms with E-state index in [1.54, 1.807) is 17.5 Å². The average Bonchev–Trinajstić information content (AvgIpc) is 2.77. The standard InChI is InChI=1S/C9H11N5OS/c10-7-8(13-5-14-9(7)15)12-2-1-6-11-3-4-16-6/h3-5H,1-2,10H2,(H2,12,13,14,15). The van der Waals surface area contributed by atoms with E-state index in [0.717, 1.165) is 11.4 Å². The number of nitrogen functional groups attached to an aromatic ring is 1. The number of anilines is 2. The molecule has 6 nitrogen and oxygen atoms in total. The molecular formula is C9H11N5OS. The van der Waals surface area contributed by atoms with Crippen LogP contribution in [0.1, 0.15) is 5.01 Å². The Morgan fingerprint density at radius 1 is 1.50 bits per heavy atom. The molecule has 7 heteroatoms. The predicted octanol–water partition coefficient (Wildman–Crippen LogP) is 0.463. The summed E-state index contributed by atoms with van der Waals surface area (Å²) in [5.41, 5.74) is 5.35. The Balaban J connectivity index is 1.95. The van der Waals surface area contributed by atoms with Gasteiger partial charge in [-0.05, 0) is 0 Å². The summed E-state index contributed by atoms with van der Waals surface area (Å²) in [5.74, 6) is 0.417. The van der Waals surface area contributed by atoms with Gasteiger partial charge in [0.2, 0.25) is 0 Å². The van der Waals surface area contributed by atoms with Crippen molar-refractivity contribution in [2.24, 2.45) is 0 Å². The molecule has 0 saturated carbocycles. The number of hydrogen-bond donors (Lipinski definition) is 3. The number of aromatic amines is 1. The summed E-state index contributed by atoms with van der Waals surface area (Å²) in [4.78, 5) is 21.7. The van der Waals surface area contributed by atoms with Gasteiger partial charge in [-0.1, -0.05) is 0 Å². The molecule has 84 valence electrons. The number of rotatable bonds is 4. The summed E-state index contributed by atoms with van der Waals surface area (Å²) >= 11 is 1.59. The van der Waals surface area contributed by atoms with Crippen LogP contribution in [0.25, 0.3) is 0 Å². The summed E-state index contributed by atoms with van der Waals surface area (Å²) < 4.78 is 0. The summed E-state index contributed by atoms with van der Waals surface area (Å²) in [6, 6.07) is 0. The molecular weight excluding hydrogens is 226 g/mol. The Hall–Kier alpha value is -1.89. The van der Waals surface area contributed by atoms with E-state index in [0.29, 0.717) is 12.4 Å². The van der Waals surface area contributed by atoms with Crippen molar-refractivity contribution in [3.8, 4) is 0 Å². The van der Waals surface area contributed by atoms with E-state index in [1.165, 1.54) is 6.33 Å². The highest BCUT2D eigenvalue weighted by Gasteiger charge is 2.03. The van der Waals surface area contributed by atoms with Crippen LogP contribution in [0.4, 0.5) is 11.5 Å². The van der Waals surface area contributed by atoms with E-state index >= 15 is 0 Å². The Labute approximate surface area is 95.6 Å². The molecule has 0 aliphatic rings. The van der Waals surface area contributed by atoms with Gasteiger partial charge in [0.1, 0.15) is 5.69 Å². The van der Waals surface area contributed by atoms with Crippen LogP contribution in [-0.2, 0) is 6.42 Å². The molecule has 0 radical (unpaired) electrons. The number of nitrogens with two attached hydrogens (primary N) is 1. The number of aromatic nitrogens is 3. The highest BCUT2D eigenvalue weighted by Crippen LogP contribution is 2.08. The van der Waals surface area contributed by atoms with E-state index in [4.69, 9.17) is 5.73 Å². The zero-order chi connectivity index (χ0) is 11.4. The van der Waals surface area contributed by atoms with Crippen LogP contribution in [0.5, 0.6) is 0 Å². The first-order chi connectivity index (χ1) is 7.77. The quantitative estimate of drug-likeness (QED) is 0.718. The van der Waals surface area contributed by atoms with Crippen molar-refractivity contribution in [2.45, 2.75) is 6.42 Å². The minimum absolute atomic E-state index is 0.113. The molecule has 2 heterocycles. The highest BCUT2D eigenvalue weighted by molar-refractivity contribution is 7.09. The molecule has 0 aromatic carbocycles. The van der Waals surface area contributed by atoms with Crippen LogP contribution in [0, 0.1) is 0 Å². The van der Waals surface area contributed by atoms with Crippen LogP contribution in [-0.4, -0.2) is 21.5 Å². The van der Waals surface area contributed by atoms with Crippen molar-refractivity contribution in [2.75, 3.05) is 17.6 Å². The van der Waals surface area contributed by atoms with Gasteiger partial charge in [-0.3, -0.25) is 4.79 Å². The van der Waals surface area contributed by atoms with Crippen molar-refractivity contribution in [1.82, 2.24) is 15.0 Å². The number of nitrogens with one attached hydrogen (secondary N) is 2. The van der Waals surface area contributed by atoms with E-state index < -0.39 is 0 Å². The van der Waals surface area contributed by atoms with Gasteiger partial charge < -0.3 is 16.0 Å². The van der Waals surface area contributed by atoms with Gasteiger partial charge >= 0.3 is 0 Å². The molecule has 0 atom stereocenters. The average molecular weight is 237 g/mol. The second-order valence-electron chi connectivity index (χ2n) is 3.10. The van der Waals surface area contributed by atoms with Crippen LogP contribution in [0.15, 0.2) is 22.7 Å². The summed E-state index contributed by atoms with van der Waals surface area (Å²) in [5, 5.41) is 5.97. The first-order valence-electron chi connectivity index (χ1n) is 4.73. The van der Waals surface area contributed by atoms with E-state index in [1.807, 2.05) is 5.38 Å². The van der Waals surface area contributed by atoms with Gasteiger partial charge in [-0.25, -0.2) is 9.97 Å². The topological polar surface area (TPSA) is 96.7 Å². The van der Waals surface area contributed by atoms with Gasteiger partial charge in [-0.15, -0.1) is 11.3 Å². The zero-order valence-corrected chi connectivity index (χ0v) is 9.25. The summed E-state index contributed by atoms with van der Waals surface area (Å²) in [6.07, 6.45) is 3.87. The van der Waals surface area contributed by atoms with E-state index in [-0.39, 0.29) is 11.2 Å². The smallest absolute Gasteiger partial charge is 0.276 e. The third-order valence-electron chi connectivity index (χ3n) is 2.00. The Bertz CT molecular complexity index is 507. The first-order valence-corrected chi connectivity index (χ1v) is 5.61. The van der Waals surface area contributed by atoms with E-state index in [2.05, 4.69) is 20.3 Å². The molecule has 0 amide bonds. The fourth-order valence-electron chi connectivity index (χ4n) is 1.22. The van der Waals surface area contributed by atoms with Gasteiger partial charge in [0.05, 0.1) is 11.3 Å². The second kappa shape index (κ2) is 4.75. The molecule has 0 saturated heterocycles. The highest BCUT2D eigenvalue weighted by atomic mass is 32.1. The van der Waals surface area contributed by atoms with Gasteiger partial charge in [0.25, 0.3) is 5.56 Å². The van der Waals surface area contributed by atoms with Gasteiger partial charge in [0, 0.05) is 24.5 Å². The third-order valence-corrected chi connectivity index (χ3v) is 2.84. The lowest BCUT2D eigenvalue weighted by Crippen LogP contribution is -2.17. The molecule has 4 N–H and O–H groups in total. The zero-order valence-electron chi connectivity index (χ0n) is 8.43. The van der Waals surface area contributed by atoms with Gasteiger partial charge in [-0.2, -0.15) is 0 Å². The minimum Gasteiger partial charge on any atom is -0.391 e. The molecule has 2 aromatic rings. The Morgan fingerprint density at radius 3 is 3.12 bits per heavy atom. The number of H-pyrrole nitrogens is 1. The van der Waals surface area contributed by atoms with Crippen molar-refractivity contribution in [3.63, 3.8) is 0 Å². The van der Waals surface area contributed by atoms with Crippen molar-refractivity contribution in [3.05, 3.63) is 33.3 Å². The van der Waals surface area contributed by atoms with Crippen LogP contribution in [0.3, 0.4) is 0 Å². The fourth-order valence-corrected chi connectivity index (χ4v) is 1.84. The van der Waals surface area contributed by atoms with Crippen LogP contribution < -0.4 is 16.6 Å². The second-order valence-corrected chi connectivity index (χ2v) is 4.08. The first kappa shape index (κ1) is 10.6. The minimum atomic E-state index is -0.327. The number of thiazole rings is 1. The summed E-state index contributed by atoms with van der Waals surface area (Å²) in [7, 11) is 0. The van der Waals surface area contributed by atoms with Crippen molar-refractivity contribution < 1.29 is 0 Å². The van der Waals surface area contributed by atoms with Crippen LogP contribution >= 0.6 is 11.3 Å². The molecule has 0 fully saturated rings. The molecule has 16 heavy (non-hydrogen) atoms. The van der Waals surface area contributed by atoms with Crippen molar-refractivity contribution in [1.29, 1.82) is 0 Å². The third kappa shape index (κ3) is 2.37. The molecule has 2 aromatic heterocycles. The molecule has 2 rings (SSSR count). The maximum atomic E-state index is 11.2. The lowest BCUT2D eigenvalue weighted by Gasteiger charge is -2.05. The maximum absolute atomic E-state index is 11.2. The van der Waals surface area contributed by atoms with Crippen LogP contribution in [0.2, 0.25) is 0 Å². The molecule has 0 aliphatic carbocycles. The lowest BCUT2D eigenvalue weighted by molar-refractivity contribution is 0.980. The molecule has 0 aliphatic heterocycles. The predicted molar refractivity (Wildman–Crippen MR) is 63.6 cm³/mol.